The molecule has 4 heteroatoms. The summed E-state index contributed by atoms with van der Waals surface area (Å²) in [6.45, 7) is 4.96. The minimum atomic E-state index is 0.437. The Morgan fingerprint density at radius 2 is 2.10 bits per heavy atom. The quantitative estimate of drug-likeness (QED) is 0.654. The molecule has 0 radical (unpaired) electrons. The van der Waals surface area contributed by atoms with Gasteiger partial charge in [-0.1, -0.05) is 32.0 Å². The van der Waals surface area contributed by atoms with E-state index in [1.54, 1.807) is 6.20 Å². The minimum Gasteiger partial charge on any atom is -0.370 e. The van der Waals surface area contributed by atoms with Crippen LogP contribution in [0.3, 0.4) is 0 Å². The first-order valence-electron chi connectivity index (χ1n) is 7.22. The first kappa shape index (κ1) is 15.0. The maximum Gasteiger partial charge on any atom is 0.193 e. The Morgan fingerprint density at radius 1 is 1.24 bits per heavy atom. The average molecular weight is 282 g/mol. The molecule has 1 aromatic carbocycles. The molecule has 2 aromatic rings. The van der Waals surface area contributed by atoms with Crippen molar-refractivity contribution in [3.63, 3.8) is 0 Å². The molecule has 3 N–H and O–H groups in total. The Morgan fingerprint density at radius 3 is 2.81 bits per heavy atom. The first-order chi connectivity index (χ1) is 10.1. The molecule has 4 nitrogen and oxygen atoms in total. The van der Waals surface area contributed by atoms with Crippen LogP contribution < -0.4 is 11.1 Å². The lowest BCUT2D eigenvalue weighted by atomic mass is 10.0. The van der Waals surface area contributed by atoms with Crippen molar-refractivity contribution in [1.29, 1.82) is 0 Å². The van der Waals surface area contributed by atoms with Crippen LogP contribution in [0.2, 0.25) is 0 Å². The molecular formula is C17H22N4. The van der Waals surface area contributed by atoms with Gasteiger partial charge < -0.3 is 11.1 Å². The number of hydrogen-bond donors (Lipinski definition) is 2. The van der Waals surface area contributed by atoms with Gasteiger partial charge in [0.2, 0.25) is 0 Å². The lowest BCUT2D eigenvalue weighted by Crippen LogP contribution is -2.23. The molecule has 0 amide bonds. The van der Waals surface area contributed by atoms with Crippen LogP contribution in [0, 0.1) is 0 Å². The number of anilines is 1. The first-order valence-corrected chi connectivity index (χ1v) is 7.22. The summed E-state index contributed by atoms with van der Waals surface area (Å²) in [5.41, 5.74) is 9.19. The fraction of sp³-hybridized carbons (Fsp3) is 0.294. The third-order valence-corrected chi connectivity index (χ3v) is 3.20. The van der Waals surface area contributed by atoms with Gasteiger partial charge in [-0.2, -0.15) is 0 Å². The Hall–Kier alpha value is -2.36. The molecule has 1 aromatic heterocycles. The molecule has 0 aliphatic rings. The number of nitrogens with one attached hydrogen (secondary N) is 1. The van der Waals surface area contributed by atoms with Gasteiger partial charge in [0.1, 0.15) is 0 Å². The van der Waals surface area contributed by atoms with Gasteiger partial charge in [-0.15, -0.1) is 0 Å². The third kappa shape index (κ3) is 4.91. The molecule has 1 heterocycles. The van der Waals surface area contributed by atoms with E-state index in [2.05, 4.69) is 41.3 Å². The summed E-state index contributed by atoms with van der Waals surface area (Å²) in [6.07, 6.45) is 2.58. The summed E-state index contributed by atoms with van der Waals surface area (Å²) in [4.78, 5) is 8.59. The molecule has 0 saturated heterocycles. The lowest BCUT2D eigenvalue weighted by Gasteiger charge is -2.09. The number of benzene rings is 1. The van der Waals surface area contributed by atoms with E-state index in [0.29, 0.717) is 18.4 Å². The second-order valence-corrected chi connectivity index (χ2v) is 5.24. The number of hydrogen-bond acceptors (Lipinski definition) is 2. The van der Waals surface area contributed by atoms with Crippen LogP contribution >= 0.6 is 0 Å². The van der Waals surface area contributed by atoms with Crippen LogP contribution in [0.25, 0.3) is 0 Å². The topological polar surface area (TPSA) is 63.3 Å². The second-order valence-electron chi connectivity index (χ2n) is 5.24. The number of aromatic nitrogens is 1. The number of guanidine groups is 1. The van der Waals surface area contributed by atoms with Gasteiger partial charge in [0.05, 0.1) is 0 Å². The van der Waals surface area contributed by atoms with Crippen molar-refractivity contribution in [3.8, 4) is 0 Å². The van der Waals surface area contributed by atoms with Crippen molar-refractivity contribution in [2.24, 2.45) is 10.7 Å². The van der Waals surface area contributed by atoms with E-state index < -0.39 is 0 Å². The highest BCUT2D eigenvalue weighted by atomic mass is 15.1. The highest BCUT2D eigenvalue weighted by Crippen LogP contribution is 2.18. The van der Waals surface area contributed by atoms with Gasteiger partial charge in [-0.25, -0.2) is 0 Å². The molecule has 0 aliphatic heterocycles. The molecule has 0 saturated carbocycles. The van der Waals surface area contributed by atoms with Crippen molar-refractivity contribution in [2.45, 2.75) is 26.2 Å². The number of pyridine rings is 1. The predicted octanol–water partition coefficient (Wildman–Crippen LogP) is 3.17. The van der Waals surface area contributed by atoms with Gasteiger partial charge in [0, 0.05) is 30.5 Å². The molecular weight excluding hydrogens is 260 g/mol. The Bertz CT molecular complexity index is 591. The van der Waals surface area contributed by atoms with E-state index in [1.807, 2.05) is 30.3 Å². The van der Waals surface area contributed by atoms with Gasteiger partial charge in [-0.3, -0.25) is 9.98 Å². The van der Waals surface area contributed by atoms with Gasteiger partial charge >= 0.3 is 0 Å². The van der Waals surface area contributed by atoms with E-state index in [-0.39, 0.29) is 0 Å². The molecule has 0 bridgehead atoms. The second kappa shape index (κ2) is 7.43. The van der Waals surface area contributed by atoms with Gasteiger partial charge in [0.25, 0.3) is 0 Å². The summed E-state index contributed by atoms with van der Waals surface area (Å²) in [7, 11) is 0. The monoisotopic (exact) mass is 282 g/mol. The van der Waals surface area contributed by atoms with E-state index in [4.69, 9.17) is 5.73 Å². The zero-order valence-electron chi connectivity index (χ0n) is 12.6. The molecule has 21 heavy (non-hydrogen) atoms. The third-order valence-electron chi connectivity index (χ3n) is 3.20. The van der Waals surface area contributed by atoms with Crippen molar-refractivity contribution < 1.29 is 0 Å². The highest BCUT2D eigenvalue weighted by molar-refractivity contribution is 5.92. The number of aliphatic imine (C=N–C) groups is 1. The maximum absolute atomic E-state index is 5.91. The summed E-state index contributed by atoms with van der Waals surface area (Å²) < 4.78 is 0. The van der Waals surface area contributed by atoms with E-state index in [0.717, 1.165) is 17.8 Å². The van der Waals surface area contributed by atoms with E-state index >= 15 is 0 Å². The zero-order chi connectivity index (χ0) is 15.1. The highest BCUT2D eigenvalue weighted by Gasteiger charge is 2.01. The molecule has 0 aliphatic carbocycles. The number of rotatable bonds is 5. The van der Waals surface area contributed by atoms with Gasteiger partial charge in [0.15, 0.2) is 5.96 Å². The van der Waals surface area contributed by atoms with Crippen LogP contribution in [-0.2, 0) is 6.42 Å². The van der Waals surface area contributed by atoms with Crippen molar-refractivity contribution in [2.75, 3.05) is 11.9 Å². The average Bonchev–Trinajstić information content (AvgIpc) is 2.48. The Labute approximate surface area is 126 Å². The summed E-state index contributed by atoms with van der Waals surface area (Å²) in [5.74, 6) is 0.931. The predicted molar refractivity (Wildman–Crippen MR) is 88.6 cm³/mol. The summed E-state index contributed by atoms with van der Waals surface area (Å²) in [5, 5.41) is 3.13. The standard InChI is InChI=1S/C17H22N4/c1-13(2)14-6-5-8-16(12-14)21-17(18)20-11-9-15-7-3-4-10-19-15/h3-8,10,12-13H,9,11H2,1-2H3,(H3,18,20,21). The molecule has 0 atom stereocenters. The van der Waals surface area contributed by atoms with Crippen LogP contribution in [0.15, 0.2) is 53.7 Å². The largest absolute Gasteiger partial charge is 0.370 e. The van der Waals surface area contributed by atoms with Crippen LogP contribution in [0.4, 0.5) is 5.69 Å². The zero-order valence-corrected chi connectivity index (χ0v) is 12.6. The van der Waals surface area contributed by atoms with Crippen LogP contribution in [-0.4, -0.2) is 17.5 Å². The van der Waals surface area contributed by atoms with Crippen molar-refractivity contribution in [1.82, 2.24) is 4.98 Å². The fourth-order valence-corrected chi connectivity index (χ4v) is 2.00. The van der Waals surface area contributed by atoms with E-state index in [9.17, 15) is 0 Å². The minimum absolute atomic E-state index is 0.437. The molecule has 0 unspecified atom stereocenters. The number of nitrogens with zero attached hydrogens (tertiary/aromatic N) is 2. The fourth-order valence-electron chi connectivity index (χ4n) is 2.00. The summed E-state index contributed by atoms with van der Waals surface area (Å²) >= 11 is 0. The Kier molecular flexibility index (Phi) is 5.32. The number of nitrogens with two attached hydrogens (primary N) is 1. The lowest BCUT2D eigenvalue weighted by molar-refractivity contribution is 0.867. The molecule has 0 fully saturated rings. The summed E-state index contributed by atoms with van der Waals surface area (Å²) in [6, 6.07) is 14.1. The Balaban J connectivity index is 1.90. The molecule has 2 rings (SSSR count). The maximum atomic E-state index is 5.91. The van der Waals surface area contributed by atoms with E-state index in [1.165, 1.54) is 5.56 Å². The molecule has 0 spiro atoms. The molecule has 110 valence electrons. The normalized spacial score (nSPS) is 11.7. The van der Waals surface area contributed by atoms with Crippen molar-refractivity contribution >= 4 is 11.6 Å². The van der Waals surface area contributed by atoms with Crippen LogP contribution in [0.1, 0.15) is 31.0 Å². The van der Waals surface area contributed by atoms with Crippen LogP contribution in [0.5, 0.6) is 0 Å². The van der Waals surface area contributed by atoms with Crippen molar-refractivity contribution in [3.05, 3.63) is 59.9 Å². The SMILES string of the molecule is CC(C)c1cccc(NC(N)=NCCc2ccccn2)c1. The van der Waals surface area contributed by atoms with Gasteiger partial charge in [-0.05, 0) is 35.7 Å². The smallest absolute Gasteiger partial charge is 0.193 e.